The highest BCUT2D eigenvalue weighted by Crippen LogP contribution is 2.30. The number of hydrogen-bond acceptors (Lipinski definition) is 4. The van der Waals surface area contributed by atoms with Crippen LogP contribution in [-0.2, 0) is 0 Å². The molecule has 0 saturated carbocycles. The number of fused-ring (bicyclic) bond motifs is 1. The number of aromatic carboxylic acids is 1. The summed E-state index contributed by atoms with van der Waals surface area (Å²) in [4.78, 5) is 19.0. The summed E-state index contributed by atoms with van der Waals surface area (Å²) in [6.45, 7) is 0. The number of aromatic nitrogens is 2. The van der Waals surface area contributed by atoms with Gasteiger partial charge < -0.3 is 20.2 Å². The second-order valence-electron chi connectivity index (χ2n) is 7.20. The number of carboxylic acid groups (broad SMARTS) is 1. The molecule has 154 valence electrons. The van der Waals surface area contributed by atoms with Crippen LogP contribution in [0.4, 0.5) is 6.01 Å². The predicted molar refractivity (Wildman–Crippen MR) is 123 cm³/mol. The molecule has 0 radical (unpaired) electrons. The minimum Gasteiger partial charge on any atom is -0.478 e. The molecular weight excluding hydrogens is 402 g/mol. The second kappa shape index (κ2) is 7.82. The molecule has 32 heavy (non-hydrogen) atoms. The second-order valence-corrected chi connectivity index (χ2v) is 7.20. The lowest BCUT2D eigenvalue weighted by Crippen LogP contribution is -2.01. The number of carbonyl (C=O) groups is 1. The summed E-state index contributed by atoms with van der Waals surface area (Å²) in [6.07, 6.45) is 3.43. The maximum atomic E-state index is 11.9. The predicted octanol–water partition coefficient (Wildman–Crippen LogP) is 5.17. The zero-order valence-corrected chi connectivity index (χ0v) is 16.8. The fraction of sp³-hybridized carbons (Fsp3) is 0. The first-order chi connectivity index (χ1) is 15.6. The van der Waals surface area contributed by atoms with Crippen LogP contribution in [-0.4, -0.2) is 21.0 Å². The highest BCUT2D eigenvalue weighted by Gasteiger charge is 2.15. The van der Waals surface area contributed by atoms with Crippen molar-refractivity contribution in [2.75, 3.05) is 5.73 Å². The fourth-order valence-corrected chi connectivity index (χ4v) is 3.63. The number of hydrogen-bond donors (Lipinski definition) is 3. The molecule has 3 aromatic carbocycles. The summed E-state index contributed by atoms with van der Waals surface area (Å²) in [5, 5.41) is 10.8. The maximum absolute atomic E-state index is 11.9. The van der Waals surface area contributed by atoms with E-state index in [0.717, 1.165) is 27.6 Å². The Hall–Kier alpha value is -4.76. The molecule has 0 atom stereocenters. The summed E-state index contributed by atoms with van der Waals surface area (Å²) in [5.41, 5.74) is 10.3. The standard InChI is InChI=1S/C26H17N3O3/c27-26-29-15-23(32-26)18-7-4-16(5-8-18)6-9-19-2-1-3-21(25(30)31)24(19)20-11-10-17-12-13-28-22(17)14-20/h1-5,7-8,10-15,28H,(H2,27,29)(H,30,31). The van der Waals surface area contributed by atoms with E-state index in [-0.39, 0.29) is 11.6 Å². The average Bonchev–Trinajstić information content (AvgIpc) is 3.46. The Morgan fingerprint density at radius 3 is 2.56 bits per heavy atom. The van der Waals surface area contributed by atoms with Crippen molar-refractivity contribution >= 4 is 22.9 Å². The molecule has 0 amide bonds. The van der Waals surface area contributed by atoms with Gasteiger partial charge in [-0.25, -0.2) is 9.78 Å². The number of nitrogens with zero attached hydrogens (tertiary/aromatic N) is 1. The van der Waals surface area contributed by atoms with Gasteiger partial charge in [-0.15, -0.1) is 0 Å². The first-order valence-electron chi connectivity index (χ1n) is 9.86. The number of nitrogens with two attached hydrogens (primary N) is 1. The molecule has 6 heteroatoms. The van der Waals surface area contributed by atoms with Crippen LogP contribution in [0.5, 0.6) is 0 Å². The Labute approximate surface area is 183 Å². The smallest absolute Gasteiger partial charge is 0.336 e. The highest BCUT2D eigenvalue weighted by molar-refractivity contribution is 5.99. The van der Waals surface area contributed by atoms with Crippen molar-refractivity contribution in [1.82, 2.24) is 9.97 Å². The van der Waals surface area contributed by atoms with Gasteiger partial charge in [-0.1, -0.05) is 30.0 Å². The molecule has 2 heterocycles. The molecule has 0 aliphatic heterocycles. The van der Waals surface area contributed by atoms with Gasteiger partial charge in [0.05, 0.1) is 11.8 Å². The van der Waals surface area contributed by atoms with Gasteiger partial charge in [-0.2, -0.15) is 0 Å². The van der Waals surface area contributed by atoms with E-state index in [1.54, 1.807) is 18.3 Å². The van der Waals surface area contributed by atoms with E-state index < -0.39 is 5.97 Å². The average molecular weight is 419 g/mol. The largest absolute Gasteiger partial charge is 0.478 e. The lowest BCUT2D eigenvalue weighted by Gasteiger charge is -2.10. The molecule has 0 spiro atoms. The van der Waals surface area contributed by atoms with Gasteiger partial charge in [0.2, 0.25) is 0 Å². The van der Waals surface area contributed by atoms with Gasteiger partial charge in [-0.3, -0.25) is 0 Å². The topological polar surface area (TPSA) is 105 Å². The van der Waals surface area contributed by atoms with Crippen molar-refractivity contribution in [3.8, 4) is 34.3 Å². The number of nitrogens with one attached hydrogen (secondary N) is 1. The van der Waals surface area contributed by atoms with Gasteiger partial charge in [-0.05, 0) is 59.5 Å². The Balaban J connectivity index is 1.55. The third-order valence-electron chi connectivity index (χ3n) is 5.17. The third-order valence-corrected chi connectivity index (χ3v) is 5.17. The van der Waals surface area contributed by atoms with Crippen LogP contribution in [0.25, 0.3) is 33.4 Å². The van der Waals surface area contributed by atoms with Gasteiger partial charge >= 0.3 is 5.97 Å². The molecule has 6 nitrogen and oxygen atoms in total. The third kappa shape index (κ3) is 3.59. The fourth-order valence-electron chi connectivity index (χ4n) is 3.63. The lowest BCUT2D eigenvalue weighted by molar-refractivity contribution is 0.0697. The maximum Gasteiger partial charge on any atom is 0.336 e. The van der Waals surface area contributed by atoms with Crippen molar-refractivity contribution in [3.63, 3.8) is 0 Å². The van der Waals surface area contributed by atoms with Crippen molar-refractivity contribution in [1.29, 1.82) is 0 Å². The summed E-state index contributed by atoms with van der Waals surface area (Å²) in [6, 6.07) is 20.5. The first-order valence-corrected chi connectivity index (χ1v) is 9.86. The quantitative estimate of drug-likeness (QED) is 0.350. The molecule has 0 aliphatic carbocycles. The van der Waals surface area contributed by atoms with E-state index in [2.05, 4.69) is 21.8 Å². The van der Waals surface area contributed by atoms with E-state index in [1.165, 1.54) is 0 Å². The van der Waals surface area contributed by atoms with E-state index in [0.29, 0.717) is 16.9 Å². The molecule has 0 aliphatic rings. The molecule has 0 bridgehead atoms. The van der Waals surface area contributed by atoms with Gasteiger partial charge in [0.1, 0.15) is 0 Å². The van der Waals surface area contributed by atoms with Crippen LogP contribution in [0.1, 0.15) is 21.5 Å². The van der Waals surface area contributed by atoms with Crippen LogP contribution in [0.3, 0.4) is 0 Å². The van der Waals surface area contributed by atoms with Gasteiger partial charge in [0.25, 0.3) is 6.01 Å². The van der Waals surface area contributed by atoms with Crippen LogP contribution < -0.4 is 5.73 Å². The van der Waals surface area contributed by atoms with E-state index >= 15 is 0 Å². The Morgan fingerprint density at radius 1 is 1.00 bits per heavy atom. The van der Waals surface area contributed by atoms with E-state index in [4.69, 9.17) is 10.2 Å². The number of aromatic amines is 1. The molecule has 2 aromatic heterocycles. The molecule has 0 saturated heterocycles. The van der Waals surface area contributed by atoms with Crippen LogP contribution in [0.15, 0.2) is 83.5 Å². The monoisotopic (exact) mass is 419 g/mol. The Kier molecular flexibility index (Phi) is 4.70. The SMILES string of the molecule is Nc1ncc(-c2ccc(C#Cc3cccc(C(=O)O)c3-c3ccc4cc[nH]c4c3)cc2)o1. The van der Waals surface area contributed by atoms with Gasteiger partial charge in [0, 0.05) is 34.0 Å². The lowest BCUT2D eigenvalue weighted by atomic mass is 9.93. The molecule has 0 fully saturated rings. The number of carboxylic acids is 1. The Bertz CT molecular complexity index is 1520. The zero-order chi connectivity index (χ0) is 22.1. The normalized spacial score (nSPS) is 10.6. The molecule has 4 N–H and O–H groups in total. The highest BCUT2D eigenvalue weighted by atomic mass is 16.4. The molecule has 5 rings (SSSR count). The number of benzene rings is 3. The summed E-state index contributed by atoms with van der Waals surface area (Å²) >= 11 is 0. The van der Waals surface area contributed by atoms with Crippen molar-refractivity contribution in [3.05, 3.63) is 95.8 Å². The first kappa shape index (κ1) is 19.2. The molecule has 5 aromatic rings. The molecular formula is C26H17N3O3. The number of oxazole rings is 1. The van der Waals surface area contributed by atoms with Crippen LogP contribution >= 0.6 is 0 Å². The van der Waals surface area contributed by atoms with Gasteiger partial charge in [0.15, 0.2) is 5.76 Å². The summed E-state index contributed by atoms with van der Waals surface area (Å²) in [5.74, 6) is 5.87. The van der Waals surface area contributed by atoms with E-state index in [9.17, 15) is 9.90 Å². The zero-order valence-electron chi connectivity index (χ0n) is 16.8. The van der Waals surface area contributed by atoms with Crippen molar-refractivity contribution < 1.29 is 14.3 Å². The number of H-pyrrole nitrogens is 1. The minimum atomic E-state index is -0.995. The van der Waals surface area contributed by atoms with Crippen LogP contribution in [0, 0.1) is 11.8 Å². The van der Waals surface area contributed by atoms with Crippen molar-refractivity contribution in [2.24, 2.45) is 0 Å². The number of nitrogen functional groups attached to an aromatic ring is 1. The Morgan fingerprint density at radius 2 is 1.81 bits per heavy atom. The van der Waals surface area contributed by atoms with Crippen LogP contribution in [0.2, 0.25) is 0 Å². The molecule has 0 unspecified atom stereocenters. The minimum absolute atomic E-state index is 0.118. The number of anilines is 1. The van der Waals surface area contributed by atoms with E-state index in [1.807, 2.05) is 60.8 Å². The summed E-state index contributed by atoms with van der Waals surface area (Å²) < 4.78 is 5.34. The summed E-state index contributed by atoms with van der Waals surface area (Å²) in [7, 11) is 0. The number of rotatable bonds is 3. The van der Waals surface area contributed by atoms with Crippen molar-refractivity contribution in [2.45, 2.75) is 0 Å².